The highest BCUT2D eigenvalue weighted by Gasteiger charge is 2.29. The summed E-state index contributed by atoms with van der Waals surface area (Å²) in [4.78, 5) is 2.27. The highest BCUT2D eigenvalue weighted by Crippen LogP contribution is 2.23. The highest BCUT2D eigenvalue weighted by molar-refractivity contribution is 7.89. The molecule has 0 atom stereocenters. The summed E-state index contributed by atoms with van der Waals surface area (Å²) in [7, 11) is -2.07. The number of methoxy groups -OCH3 is 1. The van der Waals surface area contributed by atoms with E-state index in [-0.39, 0.29) is 10.6 Å². The Bertz CT molecular complexity index is 941. The fourth-order valence-corrected chi connectivity index (χ4v) is 4.60. The normalized spacial score (nSPS) is 16.4. The van der Waals surface area contributed by atoms with Gasteiger partial charge >= 0.3 is 6.18 Å². The Morgan fingerprint density at radius 1 is 0.967 bits per heavy atom. The average Bonchev–Trinajstić information content (AvgIpc) is 2.72. The summed E-state index contributed by atoms with van der Waals surface area (Å²) in [5.74, 6) is 0.741. The number of piperazine rings is 1. The largest absolute Gasteiger partial charge is 0.497 e. The van der Waals surface area contributed by atoms with Gasteiger partial charge in [0.05, 0.1) is 12.0 Å². The van der Waals surface area contributed by atoms with Crippen LogP contribution in [0.3, 0.4) is 0 Å². The van der Waals surface area contributed by atoms with Gasteiger partial charge in [-0.25, -0.2) is 8.42 Å². The molecule has 164 valence electrons. The molecule has 0 aliphatic carbocycles. The molecular weight excluding hydrogens is 421 g/mol. The van der Waals surface area contributed by atoms with Crippen LogP contribution < -0.4 is 9.47 Å². The van der Waals surface area contributed by atoms with Crippen molar-refractivity contribution in [2.45, 2.75) is 17.6 Å². The van der Waals surface area contributed by atoms with Crippen LogP contribution in [0.4, 0.5) is 13.2 Å². The Labute approximate surface area is 173 Å². The van der Waals surface area contributed by atoms with Crippen molar-refractivity contribution in [2.24, 2.45) is 0 Å². The molecule has 1 saturated heterocycles. The van der Waals surface area contributed by atoms with Crippen molar-refractivity contribution in [3.63, 3.8) is 0 Å². The zero-order chi connectivity index (χ0) is 21.8. The number of hydrogen-bond donors (Lipinski definition) is 0. The van der Waals surface area contributed by atoms with E-state index in [1.807, 2.05) is 0 Å². The molecule has 3 rings (SSSR count). The molecule has 0 bridgehead atoms. The molecule has 0 amide bonds. The van der Waals surface area contributed by atoms with Gasteiger partial charge in [-0.1, -0.05) is 12.1 Å². The molecule has 0 aromatic heterocycles. The van der Waals surface area contributed by atoms with Crippen LogP contribution >= 0.6 is 0 Å². The van der Waals surface area contributed by atoms with Crippen LogP contribution in [-0.4, -0.2) is 63.7 Å². The third-order valence-electron chi connectivity index (χ3n) is 4.74. The van der Waals surface area contributed by atoms with E-state index in [1.54, 1.807) is 30.3 Å². The van der Waals surface area contributed by atoms with E-state index in [2.05, 4.69) is 4.90 Å². The minimum Gasteiger partial charge on any atom is -0.497 e. The number of alkyl halides is 3. The predicted octanol–water partition coefficient (Wildman–Crippen LogP) is 3.14. The maximum Gasteiger partial charge on any atom is 0.422 e. The highest BCUT2D eigenvalue weighted by atomic mass is 32.2. The van der Waals surface area contributed by atoms with Gasteiger partial charge in [-0.15, -0.1) is 0 Å². The van der Waals surface area contributed by atoms with Crippen molar-refractivity contribution in [1.29, 1.82) is 0 Å². The lowest BCUT2D eigenvalue weighted by molar-refractivity contribution is -0.153. The summed E-state index contributed by atoms with van der Waals surface area (Å²) in [6.07, 6.45) is -4.39. The van der Waals surface area contributed by atoms with Gasteiger partial charge in [-0.3, -0.25) is 4.90 Å². The van der Waals surface area contributed by atoms with Gasteiger partial charge in [-0.05, 0) is 42.0 Å². The van der Waals surface area contributed by atoms with Gasteiger partial charge in [0.2, 0.25) is 10.0 Å². The molecule has 30 heavy (non-hydrogen) atoms. The average molecular weight is 444 g/mol. The van der Waals surface area contributed by atoms with E-state index in [0.29, 0.717) is 38.5 Å². The molecule has 1 aliphatic rings. The number of benzene rings is 2. The van der Waals surface area contributed by atoms with E-state index < -0.39 is 22.8 Å². The lowest BCUT2D eigenvalue weighted by atomic mass is 10.2. The molecule has 0 radical (unpaired) electrons. The fourth-order valence-electron chi connectivity index (χ4n) is 3.18. The van der Waals surface area contributed by atoms with Crippen molar-refractivity contribution in [3.8, 4) is 11.5 Å². The number of sulfonamides is 1. The van der Waals surface area contributed by atoms with E-state index >= 15 is 0 Å². The molecule has 2 aromatic rings. The van der Waals surface area contributed by atoms with Gasteiger partial charge in [0, 0.05) is 32.7 Å². The van der Waals surface area contributed by atoms with Crippen LogP contribution in [0.5, 0.6) is 11.5 Å². The van der Waals surface area contributed by atoms with Gasteiger partial charge in [0.25, 0.3) is 0 Å². The number of rotatable bonds is 7. The van der Waals surface area contributed by atoms with Gasteiger partial charge in [-0.2, -0.15) is 17.5 Å². The number of hydrogen-bond acceptors (Lipinski definition) is 5. The fraction of sp³-hybridized carbons (Fsp3) is 0.400. The minimum absolute atomic E-state index is 0.158. The predicted molar refractivity (Wildman–Crippen MR) is 105 cm³/mol. The SMILES string of the molecule is COc1ccc(S(=O)(=O)N2CCN(Cc3cccc(OCC(F)(F)F)c3)CC2)cc1. The zero-order valence-corrected chi connectivity index (χ0v) is 17.2. The second-order valence-electron chi connectivity index (χ2n) is 6.91. The van der Waals surface area contributed by atoms with E-state index in [4.69, 9.17) is 9.47 Å². The standard InChI is InChI=1S/C20H23F3N2O4S/c1-28-17-5-7-19(8-6-17)30(26,27)25-11-9-24(10-12-25)14-16-3-2-4-18(13-16)29-15-20(21,22)23/h2-8,13H,9-12,14-15H2,1H3. The molecule has 1 heterocycles. The molecule has 2 aromatic carbocycles. The van der Waals surface area contributed by atoms with Crippen LogP contribution in [0.2, 0.25) is 0 Å². The Balaban J connectivity index is 1.56. The summed E-state index contributed by atoms with van der Waals surface area (Å²) in [5, 5.41) is 0. The Morgan fingerprint density at radius 2 is 1.63 bits per heavy atom. The zero-order valence-electron chi connectivity index (χ0n) is 16.4. The summed E-state index contributed by atoms with van der Waals surface area (Å²) in [5.41, 5.74) is 0.807. The van der Waals surface area contributed by atoms with Crippen LogP contribution in [0.1, 0.15) is 5.56 Å². The van der Waals surface area contributed by atoms with Gasteiger partial charge < -0.3 is 9.47 Å². The summed E-state index contributed by atoms with van der Waals surface area (Å²) in [6.45, 7) is 0.862. The van der Waals surface area contributed by atoms with Crippen molar-refractivity contribution in [2.75, 3.05) is 39.9 Å². The quantitative estimate of drug-likeness (QED) is 0.657. The van der Waals surface area contributed by atoms with Crippen molar-refractivity contribution in [1.82, 2.24) is 9.21 Å². The Morgan fingerprint density at radius 3 is 2.23 bits per heavy atom. The van der Waals surface area contributed by atoms with Crippen molar-refractivity contribution in [3.05, 3.63) is 54.1 Å². The molecule has 0 N–H and O–H groups in total. The molecule has 1 fully saturated rings. The van der Waals surface area contributed by atoms with Crippen LogP contribution in [-0.2, 0) is 16.6 Å². The first kappa shape index (κ1) is 22.4. The Hall–Kier alpha value is -2.30. The molecule has 0 unspecified atom stereocenters. The maximum absolute atomic E-state index is 12.8. The van der Waals surface area contributed by atoms with E-state index in [0.717, 1.165) is 5.56 Å². The van der Waals surface area contributed by atoms with Crippen LogP contribution in [0.25, 0.3) is 0 Å². The van der Waals surface area contributed by atoms with Crippen molar-refractivity contribution < 1.29 is 31.1 Å². The molecule has 0 spiro atoms. The first-order chi connectivity index (χ1) is 14.2. The summed E-state index contributed by atoms with van der Waals surface area (Å²) in [6, 6.07) is 12.8. The maximum atomic E-state index is 12.8. The molecule has 10 heteroatoms. The topological polar surface area (TPSA) is 59.1 Å². The van der Waals surface area contributed by atoms with E-state index in [9.17, 15) is 21.6 Å². The number of halogens is 3. The molecule has 1 aliphatic heterocycles. The van der Waals surface area contributed by atoms with E-state index in [1.165, 1.54) is 29.6 Å². The second kappa shape index (κ2) is 9.23. The van der Waals surface area contributed by atoms with Crippen LogP contribution in [0, 0.1) is 0 Å². The number of nitrogens with zero attached hydrogens (tertiary/aromatic N) is 2. The lowest BCUT2D eigenvalue weighted by Gasteiger charge is -2.34. The monoisotopic (exact) mass is 444 g/mol. The first-order valence-corrected chi connectivity index (χ1v) is 10.8. The van der Waals surface area contributed by atoms with Gasteiger partial charge in [0.1, 0.15) is 11.5 Å². The lowest BCUT2D eigenvalue weighted by Crippen LogP contribution is -2.48. The van der Waals surface area contributed by atoms with Crippen molar-refractivity contribution >= 4 is 10.0 Å². The van der Waals surface area contributed by atoms with Gasteiger partial charge in [0.15, 0.2) is 6.61 Å². The second-order valence-corrected chi connectivity index (χ2v) is 8.84. The molecular formula is C20H23F3N2O4S. The first-order valence-electron chi connectivity index (χ1n) is 9.32. The third kappa shape index (κ3) is 5.87. The summed E-state index contributed by atoms with van der Waals surface area (Å²) < 4.78 is 73.8. The molecule has 0 saturated carbocycles. The third-order valence-corrected chi connectivity index (χ3v) is 6.65. The molecule has 6 nitrogen and oxygen atoms in total. The smallest absolute Gasteiger partial charge is 0.422 e. The number of ether oxygens (including phenoxy) is 2. The van der Waals surface area contributed by atoms with Crippen LogP contribution in [0.15, 0.2) is 53.4 Å². The Kier molecular flexibility index (Phi) is 6.89. The minimum atomic E-state index is -4.39. The summed E-state index contributed by atoms with van der Waals surface area (Å²) >= 11 is 0.